The first-order valence-corrected chi connectivity index (χ1v) is 9.40. The van der Waals surface area contributed by atoms with Gasteiger partial charge in [-0.05, 0) is 74.3 Å². The lowest BCUT2D eigenvalue weighted by atomic mass is 10.0. The minimum atomic E-state index is 0.109. The van der Waals surface area contributed by atoms with Crippen LogP contribution >= 0.6 is 12.2 Å². The van der Waals surface area contributed by atoms with Crippen LogP contribution in [0.4, 0.5) is 11.4 Å². The minimum absolute atomic E-state index is 0.109. The Morgan fingerprint density at radius 3 is 2.65 bits per heavy atom. The van der Waals surface area contributed by atoms with Gasteiger partial charge >= 0.3 is 0 Å². The van der Waals surface area contributed by atoms with Crippen LogP contribution in [0.15, 0.2) is 42.5 Å². The third kappa shape index (κ3) is 4.22. The van der Waals surface area contributed by atoms with Gasteiger partial charge in [-0.3, -0.25) is 4.79 Å². The summed E-state index contributed by atoms with van der Waals surface area (Å²) in [5.41, 5.74) is 5.57. The van der Waals surface area contributed by atoms with E-state index in [2.05, 4.69) is 49.6 Å². The molecule has 3 rings (SSSR count). The number of rotatable bonds is 4. The largest absolute Gasteiger partial charge is 0.356 e. The first kappa shape index (κ1) is 18.4. The van der Waals surface area contributed by atoms with Gasteiger partial charge < -0.3 is 15.5 Å². The van der Waals surface area contributed by atoms with Crippen LogP contribution in [0.5, 0.6) is 0 Å². The second-order valence-corrected chi connectivity index (χ2v) is 7.27. The molecular weight excluding hydrogens is 342 g/mol. The topological polar surface area (TPSA) is 44.4 Å². The average Bonchev–Trinajstić information content (AvgIpc) is 3.03. The van der Waals surface area contributed by atoms with Crippen molar-refractivity contribution >= 4 is 34.6 Å². The van der Waals surface area contributed by atoms with Crippen molar-refractivity contribution in [2.75, 3.05) is 16.8 Å². The third-order valence-corrected chi connectivity index (χ3v) is 5.09. The summed E-state index contributed by atoms with van der Waals surface area (Å²) in [6, 6.07) is 14.4. The van der Waals surface area contributed by atoms with E-state index in [1.54, 1.807) is 0 Å². The number of hydrogen-bond acceptors (Lipinski definition) is 2. The van der Waals surface area contributed by atoms with Gasteiger partial charge in [-0.25, -0.2) is 0 Å². The first-order valence-electron chi connectivity index (χ1n) is 8.99. The lowest BCUT2D eigenvalue weighted by Gasteiger charge is -2.20. The van der Waals surface area contributed by atoms with Gasteiger partial charge in [0.05, 0.1) is 6.04 Å². The van der Waals surface area contributed by atoms with E-state index in [-0.39, 0.29) is 11.9 Å². The van der Waals surface area contributed by atoms with Crippen molar-refractivity contribution in [1.29, 1.82) is 0 Å². The number of carbonyl (C=O) groups is 1. The first-order chi connectivity index (χ1) is 12.4. The molecule has 1 fully saturated rings. The monoisotopic (exact) mass is 367 g/mol. The predicted molar refractivity (Wildman–Crippen MR) is 112 cm³/mol. The van der Waals surface area contributed by atoms with Gasteiger partial charge in [0.1, 0.15) is 0 Å². The number of amides is 1. The van der Waals surface area contributed by atoms with E-state index >= 15 is 0 Å². The highest BCUT2D eigenvalue weighted by Crippen LogP contribution is 2.24. The molecule has 1 aliphatic heterocycles. The zero-order valence-electron chi connectivity index (χ0n) is 15.5. The molecule has 0 saturated carbocycles. The van der Waals surface area contributed by atoms with Gasteiger partial charge in [-0.2, -0.15) is 0 Å². The summed E-state index contributed by atoms with van der Waals surface area (Å²) in [6.07, 6.45) is 1.55. The lowest BCUT2D eigenvalue weighted by molar-refractivity contribution is -0.117. The molecule has 2 aromatic carbocycles. The molecule has 1 atom stereocenters. The molecule has 0 aromatic heterocycles. The van der Waals surface area contributed by atoms with E-state index in [1.165, 1.54) is 16.7 Å². The Balaban J connectivity index is 1.64. The second-order valence-electron chi connectivity index (χ2n) is 6.86. The Morgan fingerprint density at radius 2 is 1.96 bits per heavy atom. The highest BCUT2D eigenvalue weighted by atomic mass is 32.1. The maximum Gasteiger partial charge on any atom is 0.227 e. The Labute approximate surface area is 160 Å². The number of nitrogens with zero attached hydrogens (tertiary/aromatic N) is 1. The molecule has 2 aromatic rings. The van der Waals surface area contributed by atoms with Crippen LogP contribution in [0.2, 0.25) is 0 Å². The standard InChI is InChI=1S/C21H25N3OS/c1-14-9-10-17(12-15(14)2)16(3)22-21(26)23-18-6-4-7-19(13-18)24-11-5-8-20(24)25/h4,6-7,9-10,12-13,16H,5,8,11H2,1-3H3,(H2,22,23,26)/t16-/m0/s1. The van der Waals surface area contributed by atoms with E-state index < -0.39 is 0 Å². The van der Waals surface area contributed by atoms with Gasteiger partial charge in [-0.15, -0.1) is 0 Å². The summed E-state index contributed by atoms with van der Waals surface area (Å²) in [6.45, 7) is 7.11. The molecule has 1 aliphatic rings. The Bertz CT molecular complexity index is 834. The molecule has 136 valence electrons. The van der Waals surface area contributed by atoms with Crippen molar-refractivity contribution in [3.05, 3.63) is 59.2 Å². The molecular formula is C21H25N3OS. The summed E-state index contributed by atoms with van der Waals surface area (Å²) in [4.78, 5) is 13.8. The van der Waals surface area contributed by atoms with Crippen LogP contribution in [-0.4, -0.2) is 17.6 Å². The predicted octanol–water partition coefficient (Wildman–Crippen LogP) is 4.48. The van der Waals surface area contributed by atoms with Crippen LogP contribution in [-0.2, 0) is 4.79 Å². The van der Waals surface area contributed by atoms with E-state index in [4.69, 9.17) is 12.2 Å². The molecule has 26 heavy (non-hydrogen) atoms. The van der Waals surface area contributed by atoms with Crippen LogP contribution in [0.1, 0.15) is 42.5 Å². The number of aryl methyl sites for hydroxylation is 2. The van der Waals surface area contributed by atoms with Crippen molar-refractivity contribution in [2.24, 2.45) is 0 Å². The fourth-order valence-corrected chi connectivity index (χ4v) is 3.45. The Morgan fingerprint density at radius 1 is 1.15 bits per heavy atom. The van der Waals surface area contributed by atoms with Crippen LogP contribution in [0.3, 0.4) is 0 Å². The maximum absolute atomic E-state index is 11.9. The average molecular weight is 368 g/mol. The molecule has 2 N–H and O–H groups in total. The van der Waals surface area contributed by atoms with Gasteiger partial charge in [0, 0.05) is 24.3 Å². The van der Waals surface area contributed by atoms with Gasteiger partial charge in [-0.1, -0.05) is 24.3 Å². The lowest BCUT2D eigenvalue weighted by Crippen LogP contribution is -2.31. The summed E-state index contributed by atoms with van der Waals surface area (Å²) in [5, 5.41) is 7.13. The summed E-state index contributed by atoms with van der Waals surface area (Å²) >= 11 is 5.47. The number of anilines is 2. The van der Waals surface area contributed by atoms with Crippen LogP contribution in [0, 0.1) is 13.8 Å². The van der Waals surface area contributed by atoms with Crippen molar-refractivity contribution in [3.63, 3.8) is 0 Å². The quantitative estimate of drug-likeness (QED) is 0.782. The Kier molecular flexibility index (Phi) is 5.57. The fraction of sp³-hybridized carbons (Fsp3) is 0.333. The molecule has 4 nitrogen and oxygen atoms in total. The van der Waals surface area contributed by atoms with Crippen molar-refractivity contribution in [3.8, 4) is 0 Å². The molecule has 1 amide bonds. The smallest absolute Gasteiger partial charge is 0.227 e. The zero-order chi connectivity index (χ0) is 18.7. The SMILES string of the molecule is Cc1ccc([C@H](C)NC(=S)Nc2cccc(N3CCCC3=O)c2)cc1C. The highest BCUT2D eigenvalue weighted by Gasteiger charge is 2.21. The minimum Gasteiger partial charge on any atom is -0.356 e. The molecule has 5 heteroatoms. The normalized spacial score (nSPS) is 15.0. The molecule has 1 heterocycles. The maximum atomic E-state index is 11.9. The summed E-state index contributed by atoms with van der Waals surface area (Å²) < 4.78 is 0. The highest BCUT2D eigenvalue weighted by molar-refractivity contribution is 7.80. The number of benzene rings is 2. The second kappa shape index (κ2) is 7.87. The molecule has 0 bridgehead atoms. The molecule has 0 aliphatic carbocycles. The van der Waals surface area contributed by atoms with Crippen molar-refractivity contribution < 1.29 is 4.79 Å². The third-order valence-electron chi connectivity index (χ3n) is 4.87. The van der Waals surface area contributed by atoms with Crippen LogP contribution < -0.4 is 15.5 Å². The number of carbonyl (C=O) groups excluding carboxylic acids is 1. The van der Waals surface area contributed by atoms with E-state index in [0.29, 0.717) is 11.5 Å². The molecule has 0 spiro atoms. The Hall–Kier alpha value is -2.40. The van der Waals surface area contributed by atoms with Gasteiger partial charge in [0.25, 0.3) is 0 Å². The zero-order valence-corrected chi connectivity index (χ0v) is 16.3. The van der Waals surface area contributed by atoms with Crippen LogP contribution in [0.25, 0.3) is 0 Å². The summed E-state index contributed by atoms with van der Waals surface area (Å²) in [7, 11) is 0. The van der Waals surface area contributed by atoms with Gasteiger partial charge in [0.2, 0.25) is 5.91 Å². The summed E-state index contributed by atoms with van der Waals surface area (Å²) in [5.74, 6) is 0.186. The van der Waals surface area contributed by atoms with E-state index in [1.807, 2.05) is 29.2 Å². The molecule has 0 unspecified atom stereocenters. The molecule has 0 radical (unpaired) electrons. The van der Waals surface area contributed by atoms with Crippen molar-refractivity contribution in [2.45, 2.75) is 39.7 Å². The number of thiocarbonyl (C=S) groups is 1. The van der Waals surface area contributed by atoms with Gasteiger partial charge in [0.15, 0.2) is 5.11 Å². The molecule has 1 saturated heterocycles. The fourth-order valence-electron chi connectivity index (χ4n) is 3.15. The van der Waals surface area contributed by atoms with E-state index in [0.717, 1.165) is 24.3 Å². The number of nitrogens with one attached hydrogen (secondary N) is 2. The van der Waals surface area contributed by atoms with Crippen molar-refractivity contribution in [1.82, 2.24) is 5.32 Å². The van der Waals surface area contributed by atoms with E-state index in [9.17, 15) is 4.79 Å². The number of hydrogen-bond donors (Lipinski definition) is 2.